The predicted molar refractivity (Wildman–Crippen MR) is 118 cm³/mol. The molecule has 0 spiro atoms. The maximum atomic E-state index is 12.9. The summed E-state index contributed by atoms with van der Waals surface area (Å²) in [6.45, 7) is 3.48. The first-order valence-electron chi connectivity index (χ1n) is 10.1. The molecule has 1 saturated carbocycles. The Kier molecular flexibility index (Phi) is 7.61. The van der Waals surface area contributed by atoms with Crippen molar-refractivity contribution in [1.82, 2.24) is 9.55 Å². The van der Waals surface area contributed by atoms with Crippen molar-refractivity contribution in [3.63, 3.8) is 0 Å². The summed E-state index contributed by atoms with van der Waals surface area (Å²) in [7, 11) is -3.60. The minimum Gasteiger partial charge on any atom is -0.265 e. The van der Waals surface area contributed by atoms with Crippen LogP contribution in [-0.4, -0.2) is 35.6 Å². The number of hydrogen-bond donors (Lipinski definition) is 1. The molecule has 3 rings (SSSR count). The monoisotopic (exact) mass is 461 g/mol. The highest BCUT2D eigenvalue weighted by Crippen LogP contribution is 2.39. The maximum Gasteiger partial charge on any atom is 0.354 e. The van der Waals surface area contributed by atoms with Crippen molar-refractivity contribution >= 4 is 38.9 Å². The molecule has 0 unspecified atom stereocenters. The standard InChI is InChI=1S/C19H28FN3O3S3/c1-13-14(2)28-18(27-12-8-4-7-11-20)16-17(21-19(24)23(13)16)22-29(25,26)15-9-5-3-6-10-15/h15H,3-12H2,1-2H3,(H,21,22,24). The molecule has 29 heavy (non-hydrogen) atoms. The highest BCUT2D eigenvalue weighted by atomic mass is 32.2. The summed E-state index contributed by atoms with van der Waals surface area (Å²) in [5.74, 6) is 0.911. The van der Waals surface area contributed by atoms with Crippen molar-refractivity contribution < 1.29 is 12.8 Å². The van der Waals surface area contributed by atoms with Gasteiger partial charge in [-0.15, -0.1) is 23.1 Å². The predicted octanol–water partition coefficient (Wildman–Crippen LogP) is 4.65. The smallest absolute Gasteiger partial charge is 0.265 e. The van der Waals surface area contributed by atoms with Gasteiger partial charge in [-0.1, -0.05) is 25.7 Å². The molecule has 0 aromatic heterocycles. The number of imidazole rings is 1. The van der Waals surface area contributed by atoms with E-state index in [1.807, 2.05) is 13.8 Å². The van der Waals surface area contributed by atoms with E-state index in [0.717, 1.165) is 52.6 Å². The molecule has 10 heteroatoms. The van der Waals surface area contributed by atoms with Crippen LogP contribution >= 0.6 is 23.1 Å². The second-order valence-electron chi connectivity index (χ2n) is 7.46. The van der Waals surface area contributed by atoms with E-state index in [0.29, 0.717) is 24.9 Å². The number of rotatable bonds is 9. The second-order valence-corrected chi connectivity index (χ2v) is 12.0. The lowest BCUT2D eigenvalue weighted by molar-refractivity contribution is 0.460. The molecule has 2 aliphatic heterocycles. The Morgan fingerprint density at radius 1 is 1.21 bits per heavy atom. The van der Waals surface area contributed by atoms with Crippen LogP contribution in [0.25, 0.3) is 5.69 Å². The van der Waals surface area contributed by atoms with Gasteiger partial charge in [0.05, 0.1) is 16.1 Å². The molecule has 0 bridgehead atoms. The van der Waals surface area contributed by atoms with Crippen LogP contribution in [-0.2, 0) is 10.0 Å². The van der Waals surface area contributed by atoms with Crippen LogP contribution in [0.4, 0.5) is 10.2 Å². The molecule has 2 heterocycles. The normalized spacial score (nSPS) is 15.8. The van der Waals surface area contributed by atoms with Crippen LogP contribution in [0.5, 0.6) is 0 Å². The van der Waals surface area contributed by atoms with E-state index in [9.17, 15) is 17.6 Å². The Bertz CT molecular complexity index is 965. The van der Waals surface area contributed by atoms with Gasteiger partial charge in [-0.05, 0) is 45.3 Å². The lowest BCUT2D eigenvalue weighted by atomic mass is 10.0. The van der Waals surface area contributed by atoms with Crippen molar-refractivity contribution in [3.8, 4) is 5.69 Å². The van der Waals surface area contributed by atoms with Crippen molar-refractivity contribution in [1.29, 1.82) is 0 Å². The molecule has 162 valence electrons. The minimum absolute atomic E-state index is 0.131. The summed E-state index contributed by atoms with van der Waals surface area (Å²) in [4.78, 5) is 17.6. The van der Waals surface area contributed by atoms with Gasteiger partial charge < -0.3 is 0 Å². The van der Waals surface area contributed by atoms with Gasteiger partial charge in [-0.3, -0.25) is 13.7 Å². The number of alkyl halides is 1. The molecule has 1 aliphatic carbocycles. The van der Waals surface area contributed by atoms with Gasteiger partial charge in [0.2, 0.25) is 10.0 Å². The molecule has 0 saturated heterocycles. The quantitative estimate of drug-likeness (QED) is 0.434. The number of halogens is 1. The van der Waals surface area contributed by atoms with E-state index in [1.165, 1.54) is 4.57 Å². The number of thioether (sulfide) groups is 1. The Balaban J connectivity index is 1.92. The van der Waals surface area contributed by atoms with E-state index in [4.69, 9.17) is 0 Å². The number of fused-ring (bicyclic) bond motifs is 1. The van der Waals surface area contributed by atoms with Crippen molar-refractivity contribution in [2.24, 2.45) is 0 Å². The van der Waals surface area contributed by atoms with Crippen LogP contribution in [0.1, 0.15) is 61.9 Å². The van der Waals surface area contributed by atoms with E-state index in [2.05, 4.69) is 9.71 Å². The number of hydrogen-bond acceptors (Lipinski definition) is 6. The molecule has 3 aliphatic rings. The van der Waals surface area contributed by atoms with Crippen molar-refractivity contribution in [2.45, 2.75) is 74.7 Å². The van der Waals surface area contributed by atoms with Gasteiger partial charge >= 0.3 is 5.69 Å². The van der Waals surface area contributed by atoms with Gasteiger partial charge in [0, 0.05) is 10.6 Å². The topological polar surface area (TPSA) is 81.1 Å². The average Bonchev–Trinajstić information content (AvgIpc) is 3.01. The molecule has 0 radical (unpaired) electrons. The highest BCUT2D eigenvalue weighted by molar-refractivity contribution is 8.01. The van der Waals surface area contributed by atoms with Crippen LogP contribution in [0.2, 0.25) is 0 Å². The summed E-state index contributed by atoms with van der Waals surface area (Å²) in [6, 6.07) is 0. The first-order chi connectivity index (χ1) is 13.8. The van der Waals surface area contributed by atoms with Crippen LogP contribution in [0.3, 0.4) is 0 Å². The van der Waals surface area contributed by atoms with E-state index < -0.39 is 21.0 Å². The van der Waals surface area contributed by atoms with Gasteiger partial charge in [-0.25, -0.2) is 13.2 Å². The highest BCUT2D eigenvalue weighted by Gasteiger charge is 2.31. The first kappa shape index (κ1) is 22.6. The SMILES string of the molecule is Cc1sc(SCCCCCF)c2c(NS(=O)(=O)C3CCCCC3)nc(=O)n-2c1C. The number of aromatic nitrogens is 2. The summed E-state index contributed by atoms with van der Waals surface area (Å²) < 4.78 is 43.1. The molecular formula is C19H28FN3O3S3. The molecule has 0 aromatic carbocycles. The van der Waals surface area contributed by atoms with Crippen molar-refractivity contribution in [2.75, 3.05) is 17.1 Å². The zero-order valence-corrected chi connectivity index (χ0v) is 19.3. The maximum absolute atomic E-state index is 12.9. The van der Waals surface area contributed by atoms with Gasteiger partial charge in [0.1, 0.15) is 5.69 Å². The fraction of sp³-hybridized carbons (Fsp3) is 0.684. The number of aryl methyl sites for hydroxylation is 1. The molecule has 1 N–H and O–H groups in total. The van der Waals surface area contributed by atoms with Gasteiger partial charge in [-0.2, -0.15) is 4.98 Å². The third-order valence-corrected chi connectivity index (χ3v) is 9.73. The molecular weight excluding hydrogens is 433 g/mol. The number of unbranched alkanes of at least 4 members (excludes halogenated alkanes) is 2. The number of sulfonamides is 1. The van der Waals surface area contributed by atoms with E-state index in [-0.39, 0.29) is 12.5 Å². The number of nitrogens with zero attached hydrogens (tertiary/aromatic N) is 2. The zero-order valence-electron chi connectivity index (χ0n) is 16.9. The summed E-state index contributed by atoms with van der Waals surface area (Å²) in [6.07, 6.45) is 6.38. The number of nitrogens with one attached hydrogen (secondary N) is 1. The average molecular weight is 462 g/mol. The third kappa shape index (κ3) is 5.14. The summed E-state index contributed by atoms with van der Waals surface area (Å²) in [5.41, 5.74) is 0.847. The fourth-order valence-electron chi connectivity index (χ4n) is 3.62. The Morgan fingerprint density at radius 2 is 1.93 bits per heavy atom. The lowest BCUT2D eigenvalue weighted by Gasteiger charge is -2.22. The van der Waals surface area contributed by atoms with Gasteiger partial charge in [0.25, 0.3) is 0 Å². The Labute approximate surface area is 179 Å². The van der Waals surface area contributed by atoms with Crippen LogP contribution < -0.4 is 10.4 Å². The fourth-order valence-corrected chi connectivity index (χ4v) is 7.67. The first-order valence-corrected chi connectivity index (χ1v) is 13.4. The van der Waals surface area contributed by atoms with Crippen LogP contribution in [0.15, 0.2) is 9.00 Å². The van der Waals surface area contributed by atoms with Gasteiger partial charge in [0.15, 0.2) is 5.82 Å². The van der Waals surface area contributed by atoms with E-state index in [1.54, 1.807) is 23.1 Å². The molecule has 6 nitrogen and oxygen atoms in total. The summed E-state index contributed by atoms with van der Waals surface area (Å²) >= 11 is 3.11. The molecule has 0 atom stereocenters. The lowest BCUT2D eigenvalue weighted by Crippen LogP contribution is -2.30. The molecule has 1 fully saturated rings. The third-order valence-electron chi connectivity index (χ3n) is 5.37. The largest absolute Gasteiger partial charge is 0.354 e. The molecule has 0 aromatic rings. The molecule has 0 amide bonds. The van der Waals surface area contributed by atoms with Crippen molar-refractivity contribution in [3.05, 3.63) is 21.1 Å². The zero-order chi connectivity index (χ0) is 21.0. The number of anilines is 1. The Hall–Kier alpha value is -1.13. The van der Waals surface area contributed by atoms with Crippen LogP contribution in [0, 0.1) is 13.8 Å². The summed E-state index contributed by atoms with van der Waals surface area (Å²) in [5, 5.41) is -0.435. The minimum atomic E-state index is -3.60. The second kappa shape index (κ2) is 9.78. The Morgan fingerprint density at radius 3 is 2.62 bits per heavy atom. The van der Waals surface area contributed by atoms with E-state index >= 15 is 0 Å².